The zero-order chi connectivity index (χ0) is 21.2. The summed E-state index contributed by atoms with van der Waals surface area (Å²) in [6.45, 7) is 0. The minimum Gasteiger partial charge on any atom is -0.292 e. The predicted octanol–water partition coefficient (Wildman–Crippen LogP) is 8.27. The predicted molar refractivity (Wildman–Crippen MR) is 136 cm³/mol. The van der Waals surface area contributed by atoms with Crippen LogP contribution in [0.1, 0.15) is 0 Å². The maximum absolute atomic E-state index is 6.24. The lowest BCUT2D eigenvalue weighted by Crippen LogP contribution is -1.92. The molecule has 2 heterocycles. The maximum atomic E-state index is 6.24. The first-order chi connectivity index (χ1) is 15.8. The number of rotatable bonds is 1. The summed E-state index contributed by atoms with van der Waals surface area (Å²) < 4.78 is 2.29. The molecule has 5 aromatic carbocycles. The number of aromatic nitrogens is 2. The van der Waals surface area contributed by atoms with Gasteiger partial charge in [0, 0.05) is 15.8 Å². The van der Waals surface area contributed by atoms with Crippen molar-refractivity contribution in [1.82, 2.24) is 9.38 Å². The summed E-state index contributed by atoms with van der Waals surface area (Å²) in [7, 11) is 0. The van der Waals surface area contributed by atoms with E-state index in [1.54, 1.807) is 0 Å². The second-order valence-electron chi connectivity index (χ2n) is 8.24. The number of benzene rings is 5. The van der Waals surface area contributed by atoms with Crippen LogP contribution >= 0.6 is 11.6 Å². The molecule has 0 unspecified atom stereocenters. The van der Waals surface area contributed by atoms with Crippen LogP contribution in [0.25, 0.3) is 60.3 Å². The Bertz CT molecular complexity index is 1850. The van der Waals surface area contributed by atoms with E-state index in [0.29, 0.717) is 0 Å². The Hall–Kier alpha value is -3.88. The van der Waals surface area contributed by atoms with Crippen LogP contribution in [-0.2, 0) is 0 Å². The van der Waals surface area contributed by atoms with Crippen molar-refractivity contribution in [3.63, 3.8) is 0 Å². The lowest BCUT2D eigenvalue weighted by Gasteiger charge is -2.11. The largest absolute Gasteiger partial charge is 0.292 e. The standard InChI is InChI=1S/C29H17ClN2/c30-22-13-11-18-9-10-19(15-21(18)16-22)20-12-14-23-24-5-1-3-7-27(24)32-28-8-4-2-6-26(28)31-29(32)25(23)17-20/h1-17H. The van der Waals surface area contributed by atoms with E-state index in [9.17, 15) is 0 Å². The number of para-hydroxylation sites is 3. The highest BCUT2D eigenvalue weighted by atomic mass is 35.5. The average Bonchev–Trinajstić information content (AvgIpc) is 3.23. The van der Waals surface area contributed by atoms with Gasteiger partial charge in [-0.1, -0.05) is 72.3 Å². The maximum Gasteiger partial charge on any atom is 0.146 e. The quantitative estimate of drug-likeness (QED) is 0.240. The molecule has 0 saturated carbocycles. The van der Waals surface area contributed by atoms with E-state index >= 15 is 0 Å². The van der Waals surface area contributed by atoms with E-state index < -0.39 is 0 Å². The van der Waals surface area contributed by atoms with Crippen molar-refractivity contribution in [2.24, 2.45) is 0 Å². The van der Waals surface area contributed by atoms with Gasteiger partial charge in [-0.15, -0.1) is 0 Å². The third-order valence-corrected chi connectivity index (χ3v) is 6.63. The van der Waals surface area contributed by atoms with E-state index in [1.165, 1.54) is 32.8 Å². The van der Waals surface area contributed by atoms with E-state index in [-0.39, 0.29) is 0 Å². The van der Waals surface area contributed by atoms with E-state index in [2.05, 4.69) is 89.3 Å². The van der Waals surface area contributed by atoms with Crippen molar-refractivity contribution in [2.75, 3.05) is 0 Å². The van der Waals surface area contributed by atoms with Gasteiger partial charge >= 0.3 is 0 Å². The molecule has 0 aliphatic rings. The van der Waals surface area contributed by atoms with Crippen molar-refractivity contribution in [1.29, 1.82) is 0 Å². The van der Waals surface area contributed by atoms with E-state index in [4.69, 9.17) is 16.6 Å². The number of imidazole rings is 1. The molecule has 2 nitrogen and oxygen atoms in total. The van der Waals surface area contributed by atoms with Gasteiger partial charge in [0.25, 0.3) is 0 Å². The van der Waals surface area contributed by atoms with Gasteiger partial charge < -0.3 is 0 Å². The van der Waals surface area contributed by atoms with Crippen LogP contribution in [-0.4, -0.2) is 9.38 Å². The van der Waals surface area contributed by atoms with Crippen LogP contribution < -0.4 is 0 Å². The zero-order valence-corrected chi connectivity index (χ0v) is 17.8. The molecule has 0 N–H and O–H groups in total. The van der Waals surface area contributed by atoms with Crippen molar-refractivity contribution >= 4 is 60.7 Å². The summed E-state index contributed by atoms with van der Waals surface area (Å²) in [6.07, 6.45) is 0. The molecule has 7 rings (SSSR count). The highest BCUT2D eigenvalue weighted by molar-refractivity contribution is 6.31. The van der Waals surface area contributed by atoms with Gasteiger partial charge in [-0.3, -0.25) is 4.40 Å². The van der Waals surface area contributed by atoms with E-state index in [0.717, 1.165) is 32.5 Å². The third-order valence-electron chi connectivity index (χ3n) is 6.39. The van der Waals surface area contributed by atoms with Gasteiger partial charge in [-0.05, 0) is 69.8 Å². The normalized spacial score (nSPS) is 11.9. The van der Waals surface area contributed by atoms with Gasteiger partial charge in [0.15, 0.2) is 0 Å². The molecule has 0 aliphatic carbocycles. The van der Waals surface area contributed by atoms with Gasteiger partial charge in [-0.25, -0.2) is 4.98 Å². The third kappa shape index (κ3) is 2.50. The second kappa shape index (κ2) is 6.56. The molecule has 0 amide bonds. The summed E-state index contributed by atoms with van der Waals surface area (Å²) in [6, 6.07) is 36.2. The summed E-state index contributed by atoms with van der Waals surface area (Å²) in [5, 5.41) is 6.69. The molecular formula is C29H17ClN2. The Morgan fingerprint density at radius 2 is 1.31 bits per heavy atom. The molecule has 0 atom stereocenters. The number of halogens is 1. The Morgan fingerprint density at radius 1 is 0.562 bits per heavy atom. The van der Waals surface area contributed by atoms with Gasteiger partial charge in [0.05, 0.1) is 16.6 Å². The van der Waals surface area contributed by atoms with Gasteiger partial charge in [-0.2, -0.15) is 0 Å². The monoisotopic (exact) mass is 428 g/mol. The first kappa shape index (κ1) is 17.8. The molecule has 150 valence electrons. The van der Waals surface area contributed by atoms with Crippen LogP contribution in [0.5, 0.6) is 0 Å². The molecule has 2 aromatic heterocycles. The first-order valence-electron chi connectivity index (χ1n) is 10.7. The highest BCUT2D eigenvalue weighted by Gasteiger charge is 2.14. The first-order valence-corrected chi connectivity index (χ1v) is 11.1. The van der Waals surface area contributed by atoms with Crippen molar-refractivity contribution in [3.05, 3.63) is 108 Å². The Balaban J connectivity index is 1.59. The minimum absolute atomic E-state index is 0.755. The van der Waals surface area contributed by atoms with Crippen LogP contribution in [0.15, 0.2) is 103 Å². The Kier molecular flexibility index (Phi) is 3.64. The molecule has 32 heavy (non-hydrogen) atoms. The molecule has 0 saturated heterocycles. The Morgan fingerprint density at radius 3 is 2.25 bits per heavy atom. The fourth-order valence-corrected chi connectivity index (χ4v) is 5.07. The minimum atomic E-state index is 0.755. The van der Waals surface area contributed by atoms with Crippen molar-refractivity contribution < 1.29 is 0 Å². The van der Waals surface area contributed by atoms with Crippen LogP contribution in [0.3, 0.4) is 0 Å². The molecule has 0 spiro atoms. The summed E-state index contributed by atoms with van der Waals surface area (Å²) in [4.78, 5) is 5.04. The molecular weight excluding hydrogens is 412 g/mol. The van der Waals surface area contributed by atoms with Crippen LogP contribution in [0, 0.1) is 0 Å². The fraction of sp³-hybridized carbons (Fsp3) is 0. The second-order valence-corrected chi connectivity index (χ2v) is 8.68. The number of nitrogens with zero attached hydrogens (tertiary/aromatic N) is 2. The van der Waals surface area contributed by atoms with Crippen LogP contribution in [0.2, 0.25) is 5.02 Å². The molecule has 0 aliphatic heterocycles. The number of fused-ring (bicyclic) bond motifs is 9. The zero-order valence-electron chi connectivity index (χ0n) is 17.1. The molecule has 0 bridgehead atoms. The summed E-state index contributed by atoms with van der Waals surface area (Å²) >= 11 is 6.24. The SMILES string of the molecule is Clc1ccc2ccc(-c3ccc4c5ccccc5n5c6ccccc6nc5c4c3)cc2c1. The van der Waals surface area contributed by atoms with Crippen LogP contribution in [0.4, 0.5) is 0 Å². The molecule has 0 radical (unpaired) electrons. The smallest absolute Gasteiger partial charge is 0.146 e. The molecule has 0 fully saturated rings. The van der Waals surface area contributed by atoms with Crippen molar-refractivity contribution in [2.45, 2.75) is 0 Å². The van der Waals surface area contributed by atoms with Crippen molar-refractivity contribution in [3.8, 4) is 11.1 Å². The van der Waals surface area contributed by atoms with E-state index in [1.807, 2.05) is 18.2 Å². The lowest BCUT2D eigenvalue weighted by molar-refractivity contribution is 1.31. The fourth-order valence-electron chi connectivity index (χ4n) is 4.89. The average molecular weight is 429 g/mol. The number of hydrogen-bond donors (Lipinski definition) is 0. The Labute approximate surface area is 189 Å². The number of pyridine rings is 1. The van der Waals surface area contributed by atoms with Gasteiger partial charge in [0.1, 0.15) is 5.65 Å². The molecule has 7 aromatic rings. The summed E-state index contributed by atoms with van der Waals surface area (Å²) in [5.74, 6) is 0. The summed E-state index contributed by atoms with van der Waals surface area (Å²) in [5.41, 5.74) is 6.65. The topological polar surface area (TPSA) is 17.3 Å². The molecule has 3 heteroatoms. The lowest BCUT2D eigenvalue weighted by atomic mass is 9.97. The highest BCUT2D eigenvalue weighted by Crippen LogP contribution is 2.35. The van der Waals surface area contributed by atoms with Gasteiger partial charge in [0.2, 0.25) is 0 Å². The number of hydrogen-bond acceptors (Lipinski definition) is 1.